The van der Waals surface area contributed by atoms with E-state index in [9.17, 15) is 18.4 Å². The van der Waals surface area contributed by atoms with Crippen LogP contribution >= 0.6 is 0 Å². The molecule has 0 unspecified atom stereocenters. The summed E-state index contributed by atoms with van der Waals surface area (Å²) >= 11 is 0. The average Bonchev–Trinajstić information content (AvgIpc) is 2.68. The molecule has 0 spiro atoms. The summed E-state index contributed by atoms with van der Waals surface area (Å²) in [7, 11) is 1.38. The van der Waals surface area contributed by atoms with Gasteiger partial charge in [0.2, 0.25) is 5.91 Å². The van der Waals surface area contributed by atoms with Gasteiger partial charge >= 0.3 is 0 Å². The number of methoxy groups -OCH3 is 1. The van der Waals surface area contributed by atoms with Gasteiger partial charge in [0.1, 0.15) is 5.82 Å². The van der Waals surface area contributed by atoms with Crippen LogP contribution in [0.15, 0.2) is 42.5 Å². The Hall–Kier alpha value is -2.96. The van der Waals surface area contributed by atoms with Crippen molar-refractivity contribution in [3.05, 3.63) is 65.2 Å². The Kier molecular flexibility index (Phi) is 5.69. The number of amides is 2. The van der Waals surface area contributed by atoms with E-state index in [2.05, 4.69) is 0 Å². The molecule has 27 heavy (non-hydrogen) atoms. The highest BCUT2D eigenvalue weighted by molar-refractivity contribution is 5.94. The lowest BCUT2D eigenvalue weighted by Gasteiger charge is -2.35. The van der Waals surface area contributed by atoms with Crippen LogP contribution in [0.5, 0.6) is 5.75 Å². The second kappa shape index (κ2) is 8.16. The van der Waals surface area contributed by atoms with Gasteiger partial charge in [-0.2, -0.15) is 0 Å². The maximum absolute atomic E-state index is 13.8. The number of benzene rings is 2. The molecule has 142 valence electrons. The number of ether oxygens (including phenoxy) is 1. The number of halogens is 2. The lowest BCUT2D eigenvalue weighted by molar-refractivity contribution is -0.131. The number of rotatable bonds is 4. The predicted molar refractivity (Wildman–Crippen MR) is 95.5 cm³/mol. The summed E-state index contributed by atoms with van der Waals surface area (Å²) in [5.41, 5.74) is 0.592. The van der Waals surface area contributed by atoms with Crippen LogP contribution in [0.2, 0.25) is 0 Å². The first-order valence-corrected chi connectivity index (χ1v) is 8.63. The second-order valence-electron chi connectivity index (χ2n) is 6.30. The van der Waals surface area contributed by atoms with Gasteiger partial charge < -0.3 is 14.5 Å². The molecular weight excluding hydrogens is 354 g/mol. The number of piperazine rings is 1. The van der Waals surface area contributed by atoms with E-state index in [1.165, 1.54) is 42.3 Å². The van der Waals surface area contributed by atoms with Gasteiger partial charge in [-0.05, 0) is 29.8 Å². The van der Waals surface area contributed by atoms with E-state index in [-0.39, 0.29) is 29.5 Å². The van der Waals surface area contributed by atoms with Crippen LogP contribution in [-0.4, -0.2) is 54.9 Å². The Morgan fingerprint density at radius 1 is 0.963 bits per heavy atom. The van der Waals surface area contributed by atoms with Crippen molar-refractivity contribution in [2.24, 2.45) is 0 Å². The molecule has 0 radical (unpaired) electrons. The summed E-state index contributed by atoms with van der Waals surface area (Å²) in [5.74, 6) is -1.45. The van der Waals surface area contributed by atoms with Gasteiger partial charge in [0, 0.05) is 26.2 Å². The predicted octanol–water partition coefficient (Wildman–Crippen LogP) is 2.50. The molecule has 1 fully saturated rings. The SMILES string of the molecule is COc1ccc(CC(=O)N2CCN(C(=O)c3ccccc3F)CC2)cc1F. The van der Waals surface area contributed by atoms with Gasteiger partial charge in [0.05, 0.1) is 19.1 Å². The number of hydrogen-bond acceptors (Lipinski definition) is 3. The fourth-order valence-electron chi connectivity index (χ4n) is 3.07. The van der Waals surface area contributed by atoms with Crippen molar-refractivity contribution in [3.63, 3.8) is 0 Å². The van der Waals surface area contributed by atoms with Crippen LogP contribution in [0.25, 0.3) is 0 Å². The fourth-order valence-corrected chi connectivity index (χ4v) is 3.07. The van der Waals surface area contributed by atoms with Crippen LogP contribution in [0.3, 0.4) is 0 Å². The molecular formula is C20H20F2N2O3. The van der Waals surface area contributed by atoms with Crippen molar-refractivity contribution >= 4 is 11.8 Å². The quantitative estimate of drug-likeness (QED) is 0.826. The van der Waals surface area contributed by atoms with Crippen LogP contribution in [0, 0.1) is 11.6 Å². The van der Waals surface area contributed by atoms with E-state index in [1.54, 1.807) is 17.0 Å². The molecule has 0 saturated carbocycles. The summed E-state index contributed by atoms with van der Waals surface area (Å²) < 4.78 is 32.4. The summed E-state index contributed by atoms with van der Waals surface area (Å²) in [6.45, 7) is 1.38. The molecule has 5 nitrogen and oxygen atoms in total. The summed E-state index contributed by atoms with van der Waals surface area (Å²) in [6, 6.07) is 10.3. The van der Waals surface area contributed by atoms with Crippen LogP contribution in [0.1, 0.15) is 15.9 Å². The molecule has 7 heteroatoms. The molecule has 1 heterocycles. The zero-order valence-electron chi connectivity index (χ0n) is 15.0. The molecule has 2 aromatic rings. The normalized spacial score (nSPS) is 14.2. The lowest BCUT2D eigenvalue weighted by Crippen LogP contribution is -2.51. The first-order chi connectivity index (χ1) is 13.0. The third kappa shape index (κ3) is 4.24. The molecule has 2 aromatic carbocycles. The van der Waals surface area contributed by atoms with E-state index in [1.807, 2.05) is 0 Å². The Labute approximate surface area is 156 Å². The van der Waals surface area contributed by atoms with Gasteiger partial charge in [0.15, 0.2) is 11.6 Å². The number of nitrogens with zero attached hydrogens (tertiary/aromatic N) is 2. The highest BCUT2D eigenvalue weighted by atomic mass is 19.1. The first-order valence-electron chi connectivity index (χ1n) is 8.63. The maximum atomic E-state index is 13.8. The van der Waals surface area contributed by atoms with Gasteiger partial charge in [-0.25, -0.2) is 8.78 Å². The minimum Gasteiger partial charge on any atom is -0.494 e. The highest BCUT2D eigenvalue weighted by Crippen LogP contribution is 2.19. The van der Waals surface area contributed by atoms with Gasteiger partial charge in [0.25, 0.3) is 5.91 Å². The molecule has 1 aliphatic rings. The minimum absolute atomic E-state index is 0.0333. The summed E-state index contributed by atoms with van der Waals surface area (Å²) in [5, 5.41) is 0. The average molecular weight is 374 g/mol. The number of carbonyl (C=O) groups excluding carboxylic acids is 2. The minimum atomic E-state index is -0.553. The second-order valence-corrected chi connectivity index (χ2v) is 6.30. The van der Waals surface area contributed by atoms with Crippen LogP contribution in [0.4, 0.5) is 8.78 Å². The first kappa shape index (κ1) is 18.8. The van der Waals surface area contributed by atoms with E-state index in [0.29, 0.717) is 31.7 Å². The molecule has 3 rings (SSSR count). The zero-order valence-corrected chi connectivity index (χ0v) is 15.0. The van der Waals surface area contributed by atoms with Crippen molar-refractivity contribution in [1.82, 2.24) is 9.80 Å². The van der Waals surface area contributed by atoms with Crippen LogP contribution in [-0.2, 0) is 11.2 Å². The van der Waals surface area contributed by atoms with Crippen molar-refractivity contribution in [2.75, 3.05) is 33.3 Å². The lowest BCUT2D eigenvalue weighted by atomic mass is 10.1. The molecule has 0 bridgehead atoms. The van der Waals surface area contributed by atoms with E-state index in [4.69, 9.17) is 4.74 Å². The fraction of sp³-hybridized carbons (Fsp3) is 0.300. The monoisotopic (exact) mass is 374 g/mol. The number of hydrogen-bond donors (Lipinski definition) is 0. The smallest absolute Gasteiger partial charge is 0.256 e. The molecule has 0 aliphatic carbocycles. The van der Waals surface area contributed by atoms with E-state index >= 15 is 0 Å². The van der Waals surface area contributed by atoms with Crippen LogP contribution < -0.4 is 4.74 Å². The highest BCUT2D eigenvalue weighted by Gasteiger charge is 2.26. The Balaban J connectivity index is 1.57. The zero-order chi connectivity index (χ0) is 19.4. The Morgan fingerprint density at radius 3 is 2.26 bits per heavy atom. The van der Waals surface area contributed by atoms with E-state index in [0.717, 1.165) is 0 Å². The third-order valence-electron chi connectivity index (χ3n) is 4.60. The van der Waals surface area contributed by atoms with E-state index < -0.39 is 11.6 Å². The van der Waals surface area contributed by atoms with Gasteiger partial charge in [-0.15, -0.1) is 0 Å². The molecule has 0 aromatic heterocycles. The molecule has 0 atom stereocenters. The van der Waals surface area contributed by atoms with Crippen molar-refractivity contribution in [2.45, 2.75) is 6.42 Å². The largest absolute Gasteiger partial charge is 0.494 e. The summed E-state index contributed by atoms with van der Waals surface area (Å²) in [4.78, 5) is 28.0. The summed E-state index contributed by atoms with van der Waals surface area (Å²) in [6.07, 6.45) is 0.0716. The van der Waals surface area contributed by atoms with Crippen molar-refractivity contribution < 1.29 is 23.1 Å². The molecule has 1 aliphatic heterocycles. The third-order valence-corrected chi connectivity index (χ3v) is 4.60. The Morgan fingerprint density at radius 2 is 1.63 bits per heavy atom. The van der Waals surface area contributed by atoms with Gasteiger partial charge in [-0.3, -0.25) is 9.59 Å². The maximum Gasteiger partial charge on any atom is 0.256 e. The topological polar surface area (TPSA) is 49.9 Å². The standard InChI is InChI=1S/C20H20F2N2O3/c1-27-18-7-6-14(12-17(18)22)13-19(25)23-8-10-24(11-9-23)20(26)15-4-2-3-5-16(15)21/h2-7,12H,8-11,13H2,1H3. The Bertz CT molecular complexity index is 849. The molecule has 0 N–H and O–H groups in total. The van der Waals surface area contributed by atoms with Crippen molar-refractivity contribution in [1.29, 1.82) is 0 Å². The molecule has 2 amide bonds. The van der Waals surface area contributed by atoms with Gasteiger partial charge in [-0.1, -0.05) is 18.2 Å². The molecule has 1 saturated heterocycles. The number of carbonyl (C=O) groups is 2. The van der Waals surface area contributed by atoms with Crippen molar-refractivity contribution in [3.8, 4) is 5.75 Å².